The van der Waals surface area contributed by atoms with Gasteiger partial charge in [-0.25, -0.2) is 0 Å². The second-order valence-electron chi connectivity index (χ2n) is 4.63. The fraction of sp³-hybridized carbons (Fsp3) is 0.357. The van der Waals surface area contributed by atoms with Crippen LogP contribution in [-0.2, 0) is 9.53 Å². The van der Waals surface area contributed by atoms with E-state index in [9.17, 15) is 14.9 Å². The normalized spacial score (nSPS) is 17.1. The predicted octanol–water partition coefficient (Wildman–Crippen LogP) is 1.94. The van der Waals surface area contributed by atoms with E-state index in [0.29, 0.717) is 17.5 Å². The molecule has 2 rings (SSSR count). The average molecular weight is 336 g/mol. The molecule has 1 heterocycles. The molecule has 0 aromatic heterocycles. The molecule has 0 amide bonds. The maximum absolute atomic E-state index is 11.4. The van der Waals surface area contributed by atoms with Gasteiger partial charge in [-0.1, -0.05) is 11.8 Å². The number of nitro benzene ring substituents is 1. The molecule has 0 saturated heterocycles. The van der Waals surface area contributed by atoms with Crippen molar-refractivity contribution in [2.45, 2.75) is 19.4 Å². The second kappa shape index (κ2) is 8.28. The zero-order valence-corrected chi connectivity index (χ0v) is 13.3. The summed E-state index contributed by atoms with van der Waals surface area (Å²) in [7, 11) is 0. The van der Waals surface area contributed by atoms with Crippen molar-refractivity contribution in [3.63, 3.8) is 0 Å². The van der Waals surface area contributed by atoms with Crippen molar-refractivity contribution in [3.05, 3.63) is 39.9 Å². The quantitative estimate of drug-likeness (QED) is 0.368. The second-order valence-corrected chi connectivity index (χ2v) is 5.64. The van der Waals surface area contributed by atoms with Crippen molar-refractivity contribution in [1.29, 1.82) is 0 Å². The van der Waals surface area contributed by atoms with E-state index in [1.54, 1.807) is 25.3 Å². The highest BCUT2D eigenvalue weighted by Crippen LogP contribution is 2.19. The molecule has 1 aromatic rings. The van der Waals surface area contributed by atoms with Crippen molar-refractivity contribution in [2.24, 2.45) is 10.1 Å². The topological polar surface area (TPSA) is 106 Å². The number of hydrogen-bond donors (Lipinski definition) is 1. The smallest absolute Gasteiger partial charge is 0.307 e. The lowest BCUT2D eigenvalue weighted by Crippen LogP contribution is -2.15. The third-order valence-electron chi connectivity index (χ3n) is 2.90. The number of rotatable bonds is 6. The summed E-state index contributed by atoms with van der Waals surface area (Å²) in [5, 5.41) is 15.2. The number of nitro groups is 1. The van der Waals surface area contributed by atoms with E-state index in [0.717, 1.165) is 5.56 Å². The highest BCUT2D eigenvalue weighted by molar-refractivity contribution is 8.14. The van der Waals surface area contributed by atoms with E-state index in [2.05, 4.69) is 15.5 Å². The Labute approximate surface area is 137 Å². The third kappa shape index (κ3) is 5.37. The van der Waals surface area contributed by atoms with Crippen LogP contribution < -0.4 is 5.43 Å². The Morgan fingerprint density at radius 3 is 2.96 bits per heavy atom. The summed E-state index contributed by atoms with van der Waals surface area (Å²) < 4.78 is 4.89. The maximum atomic E-state index is 11.4. The van der Waals surface area contributed by atoms with E-state index >= 15 is 0 Å². The summed E-state index contributed by atoms with van der Waals surface area (Å²) in [6.07, 6.45) is 1.81. The van der Waals surface area contributed by atoms with Crippen LogP contribution in [0.25, 0.3) is 0 Å². The molecule has 1 aliphatic heterocycles. The number of thioether (sulfide) groups is 1. The molecule has 0 aliphatic carbocycles. The number of carbonyl (C=O) groups excluding carboxylic acids is 1. The van der Waals surface area contributed by atoms with E-state index in [4.69, 9.17) is 4.74 Å². The molecule has 1 N–H and O–H groups in total. The van der Waals surface area contributed by atoms with Gasteiger partial charge in [-0.15, -0.1) is 0 Å². The molecule has 1 atom stereocenters. The van der Waals surface area contributed by atoms with Gasteiger partial charge in [0.05, 0.1) is 30.2 Å². The first-order valence-corrected chi connectivity index (χ1v) is 7.96. The molecule has 0 fully saturated rings. The SMILES string of the molecule is CCOC(=O)CC1CSC(N/N=C/c2ccc([N+](=O)[O-])cc2)=N1. The van der Waals surface area contributed by atoms with E-state index in [-0.39, 0.29) is 24.1 Å². The first-order chi connectivity index (χ1) is 11.1. The van der Waals surface area contributed by atoms with Gasteiger partial charge in [0.2, 0.25) is 0 Å². The fourth-order valence-electron chi connectivity index (χ4n) is 1.84. The Hall–Kier alpha value is -2.42. The molecule has 122 valence electrons. The number of benzene rings is 1. The molecule has 1 unspecified atom stereocenters. The number of nitrogens with zero attached hydrogens (tertiary/aromatic N) is 3. The lowest BCUT2D eigenvalue weighted by Gasteiger charge is -2.04. The minimum Gasteiger partial charge on any atom is -0.466 e. The molecular formula is C14H16N4O4S. The van der Waals surface area contributed by atoms with Crippen LogP contribution in [0.4, 0.5) is 5.69 Å². The van der Waals surface area contributed by atoms with Crippen LogP contribution in [0, 0.1) is 10.1 Å². The number of amidine groups is 1. The van der Waals surface area contributed by atoms with Gasteiger partial charge in [0.1, 0.15) is 0 Å². The van der Waals surface area contributed by atoms with E-state index < -0.39 is 4.92 Å². The van der Waals surface area contributed by atoms with Crippen molar-refractivity contribution in [2.75, 3.05) is 12.4 Å². The van der Waals surface area contributed by atoms with Crippen LogP contribution in [0.2, 0.25) is 0 Å². The van der Waals surface area contributed by atoms with Crippen LogP contribution in [0.3, 0.4) is 0 Å². The summed E-state index contributed by atoms with van der Waals surface area (Å²) in [5.74, 6) is 0.450. The van der Waals surface area contributed by atoms with Crippen molar-refractivity contribution in [3.8, 4) is 0 Å². The highest BCUT2D eigenvalue weighted by atomic mass is 32.2. The van der Waals surface area contributed by atoms with Gasteiger partial charge in [0, 0.05) is 17.9 Å². The van der Waals surface area contributed by atoms with Gasteiger partial charge in [-0.3, -0.25) is 25.3 Å². The number of non-ortho nitro benzene ring substituents is 1. The van der Waals surface area contributed by atoms with Gasteiger partial charge >= 0.3 is 5.97 Å². The first kappa shape index (κ1) is 16.9. The maximum Gasteiger partial charge on any atom is 0.307 e. The molecule has 1 aliphatic rings. The standard InChI is InChI=1S/C14H16N4O4S/c1-2-22-13(19)7-11-9-23-14(16-11)17-15-8-10-3-5-12(6-4-10)18(20)21/h3-6,8,11H,2,7,9H2,1H3,(H,16,17)/b15-8+. The minimum absolute atomic E-state index is 0.0349. The van der Waals surface area contributed by atoms with Crippen LogP contribution in [-0.4, -0.2) is 40.7 Å². The van der Waals surface area contributed by atoms with Gasteiger partial charge in [-0.2, -0.15) is 5.10 Å². The van der Waals surface area contributed by atoms with E-state index in [1.807, 2.05) is 0 Å². The number of ether oxygens (including phenoxy) is 1. The van der Waals surface area contributed by atoms with Gasteiger partial charge < -0.3 is 4.74 Å². The Morgan fingerprint density at radius 2 is 2.30 bits per heavy atom. The molecular weight excluding hydrogens is 320 g/mol. The molecule has 23 heavy (non-hydrogen) atoms. The van der Waals surface area contributed by atoms with Crippen LogP contribution >= 0.6 is 11.8 Å². The van der Waals surface area contributed by atoms with Crippen LogP contribution in [0.5, 0.6) is 0 Å². The molecule has 1 aromatic carbocycles. The lowest BCUT2D eigenvalue weighted by molar-refractivity contribution is -0.384. The predicted molar refractivity (Wildman–Crippen MR) is 88.8 cm³/mol. The molecule has 9 heteroatoms. The Balaban J connectivity index is 1.83. The zero-order chi connectivity index (χ0) is 16.7. The Morgan fingerprint density at radius 1 is 1.57 bits per heavy atom. The first-order valence-electron chi connectivity index (χ1n) is 6.98. The minimum atomic E-state index is -0.452. The number of carbonyl (C=O) groups is 1. The zero-order valence-electron chi connectivity index (χ0n) is 12.5. The van der Waals surface area contributed by atoms with Gasteiger partial charge in [0.15, 0.2) is 5.17 Å². The monoisotopic (exact) mass is 336 g/mol. The molecule has 0 bridgehead atoms. The highest BCUT2D eigenvalue weighted by Gasteiger charge is 2.21. The lowest BCUT2D eigenvalue weighted by atomic mass is 10.2. The van der Waals surface area contributed by atoms with Gasteiger partial charge in [-0.05, 0) is 24.6 Å². The number of esters is 1. The summed E-state index contributed by atoms with van der Waals surface area (Å²) in [5.41, 5.74) is 3.57. The van der Waals surface area contributed by atoms with Gasteiger partial charge in [0.25, 0.3) is 5.69 Å². The molecule has 0 saturated carbocycles. The summed E-state index contributed by atoms with van der Waals surface area (Å²) in [6, 6.07) is 5.94. The summed E-state index contributed by atoms with van der Waals surface area (Å²) in [6.45, 7) is 2.14. The number of hydrogen-bond acceptors (Lipinski definition) is 8. The van der Waals surface area contributed by atoms with Crippen LogP contribution in [0.1, 0.15) is 18.9 Å². The Bertz CT molecular complexity index is 630. The number of nitrogens with one attached hydrogen (secondary N) is 1. The third-order valence-corrected chi connectivity index (χ3v) is 3.92. The van der Waals surface area contributed by atoms with Crippen molar-refractivity contribution in [1.82, 2.24) is 5.43 Å². The van der Waals surface area contributed by atoms with Crippen LogP contribution in [0.15, 0.2) is 34.4 Å². The summed E-state index contributed by atoms with van der Waals surface area (Å²) >= 11 is 1.48. The molecule has 8 nitrogen and oxygen atoms in total. The molecule has 0 radical (unpaired) electrons. The van der Waals surface area contributed by atoms with E-state index in [1.165, 1.54) is 23.9 Å². The number of aliphatic imine (C=N–C) groups is 1. The largest absolute Gasteiger partial charge is 0.466 e. The number of hydrazone groups is 1. The van der Waals surface area contributed by atoms with Crippen molar-refractivity contribution < 1.29 is 14.5 Å². The van der Waals surface area contributed by atoms with Crippen molar-refractivity contribution >= 4 is 34.8 Å². The molecule has 0 spiro atoms. The summed E-state index contributed by atoms with van der Waals surface area (Å²) in [4.78, 5) is 25.8. The Kier molecular flexibility index (Phi) is 6.10. The average Bonchev–Trinajstić information content (AvgIpc) is 2.95. The fourth-order valence-corrected chi connectivity index (χ4v) is 2.72.